The van der Waals surface area contributed by atoms with Gasteiger partial charge in [-0.2, -0.15) is 0 Å². The van der Waals surface area contributed by atoms with Gasteiger partial charge in [0.15, 0.2) is 11.6 Å². The lowest BCUT2D eigenvalue weighted by molar-refractivity contribution is 0.102. The summed E-state index contributed by atoms with van der Waals surface area (Å²) in [5.41, 5.74) is 2.55. The van der Waals surface area contributed by atoms with Crippen LogP contribution in [-0.4, -0.2) is 5.91 Å². The van der Waals surface area contributed by atoms with E-state index in [1.165, 1.54) is 0 Å². The third kappa shape index (κ3) is 3.29. The lowest BCUT2D eigenvalue weighted by atomic mass is 9.99. The lowest BCUT2D eigenvalue weighted by Gasteiger charge is -2.13. The Labute approximate surface area is 130 Å². The molecule has 0 bridgehead atoms. The summed E-state index contributed by atoms with van der Waals surface area (Å²) in [4.78, 5) is 12.3. The number of anilines is 1. The zero-order chi connectivity index (χ0) is 15.7. The van der Waals surface area contributed by atoms with Crippen molar-refractivity contribution in [2.24, 2.45) is 0 Å². The first-order valence-corrected chi connectivity index (χ1v) is 7.12. The van der Waals surface area contributed by atoms with Crippen molar-refractivity contribution < 1.29 is 13.6 Å². The number of hydrogen-bond donors (Lipinski definition) is 1. The number of aryl methyl sites for hydroxylation is 3. The second-order valence-electron chi connectivity index (χ2n) is 4.97. The Bertz CT molecular complexity index is 682. The van der Waals surface area contributed by atoms with E-state index in [-0.39, 0.29) is 4.47 Å². The van der Waals surface area contributed by atoms with Crippen molar-refractivity contribution in [2.45, 2.75) is 20.8 Å². The van der Waals surface area contributed by atoms with Crippen LogP contribution in [0.15, 0.2) is 28.7 Å². The van der Waals surface area contributed by atoms with Crippen LogP contribution in [0.3, 0.4) is 0 Å². The normalized spacial score (nSPS) is 10.6. The van der Waals surface area contributed by atoms with Gasteiger partial charge in [0.2, 0.25) is 0 Å². The predicted octanol–water partition coefficient (Wildman–Crippen LogP) is 4.90. The van der Waals surface area contributed by atoms with Crippen LogP contribution < -0.4 is 5.32 Å². The van der Waals surface area contributed by atoms with E-state index in [2.05, 4.69) is 21.2 Å². The fraction of sp³-hybridized carbons (Fsp3) is 0.188. The molecule has 0 aliphatic heterocycles. The highest BCUT2D eigenvalue weighted by Crippen LogP contribution is 2.25. The van der Waals surface area contributed by atoms with E-state index >= 15 is 0 Å². The highest BCUT2D eigenvalue weighted by atomic mass is 79.9. The largest absolute Gasteiger partial charge is 0.317 e. The summed E-state index contributed by atoms with van der Waals surface area (Å²) < 4.78 is 27.8. The molecule has 1 amide bonds. The predicted molar refractivity (Wildman–Crippen MR) is 82.7 cm³/mol. The number of nitrogens with one attached hydrogen (secondary N) is 1. The molecule has 2 aromatic rings. The summed E-state index contributed by atoms with van der Waals surface area (Å²) in [5.74, 6) is -2.17. The van der Waals surface area contributed by atoms with Crippen molar-refractivity contribution in [3.8, 4) is 0 Å². The molecule has 1 N–H and O–H groups in total. The third-order valence-electron chi connectivity index (χ3n) is 3.15. The topological polar surface area (TPSA) is 29.1 Å². The highest BCUT2D eigenvalue weighted by Gasteiger charge is 2.17. The fourth-order valence-electron chi connectivity index (χ4n) is 2.38. The van der Waals surface area contributed by atoms with Gasteiger partial charge in [0.25, 0.3) is 5.91 Å². The molecule has 0 unspecified atom stereocenters. The number of carbonyl (C=O) groups is 1. The maximum atomic E-state index is 13.8. The zero-order valence-electron chi connectivity index (χ0n) is 11.9. The van der Waals surface area contributed by atoms with Crippen LogP contribution >= 0.6 is 15.9 Å². The van der Waals surface area contributed by atoms with E-state index in [1.807, 2.05) is 19.1 Å². The van der Waals surface area contributed by atoms with Gasteiger partial charge < -0.3 is 5.32 Å². The van der Waals surface area contributed by atoms with Crippen LogP contribution in [0.2, 0.25) is 0 Å². The van der Waals surface area contributed by atoms with Crippen LogP contribution in [0.5, 0.6) is 0 Å². The minimum absolute atomic E-state index is 0.276. The van der Waals surface area contributed by atoms with Gasteiger partial charge in [-0.05, 0) is 44.0 Å². The molecule has 0 atom stereocenters. The van der Waals surface area contributed by atoms with Gasteiger partial charge in [0.1, 0.15) is 5.69 Å². The molecule has 0 aliphatic rings. The Morgan fingerprint density at radius 3 is 1.95 bits per heavy atom. The molecule has 0 fully saturated rings. The summed E-state index contributed by atoms with van der Waals surface area (Å²) in [7, 11) is 0. The van der Waals surface area contributed by atoms with Gasteiger partial charge in [-0.3, -0.25) is 4.79 Å². The van der Waals surface area contributed by atoms with Gasteiger partial charge >= 0.3 is 0 Å². The van der Waals surface area contributed by atoms with Gasteiger partial charge in [-0.15, -0.1) is 0 Å². The number of amides is 1. The second-order valence-corrected chi connectivity index (χ2v) is 5.89. The van der Waals surface area contributed by atoms with Crippen molar-refractivity contribution in [2.75, 3.05) is 5.32 Å². The zero-order valence-corrected chi connectivity index (χ0v) is 13.4. The van der Waals surface area contributed by atoms with E-state index in [9.17, 15) is 13.6 Å². The maximum absolute atomic E-state index is 13.8. The first kappa shape index (κ1) is 15.6. The quantitative estimate of drug-likeness (QED) is 0.816. The Hall–Kier alpha value is -1.75. The molecule has 0 saturated heterocycles. The van der Waals surface area contributed by atoms with Crippen molar-refractivity contribution >= 4 is 27.5 Å². The summed E-state index contributed by atoms with van der Waals surface area (Å²) >= 11 is 3.00. The summed E-state index contributed by atoms with van der Waals surface area (Å²) in [6, 6.07) is 5.92. The molecular formula is C16H14BrF2NO. The maximum Gasteiger partial charge on any atom is 0.256 e. The van der Waals surface area contributed by atoms with Crippen molar-refractivity contribution in [1.82, 2.24) is 0 Å². The fourth-order valence-corrected chi connectivity index (χ4v) is 2.78. The first-order chi connectivity index (χ1) is 9.79. The van der Waals surface area contributed by atoms with Crippen molar-refractivity contribution in [1.29, 1.82) is 0 Å². The molecule has 0 aromatic heterocycles. The van der Waals surface area contributed by atoms with E-state index in [4.69, 9.17) is 0 Å². The van der Waals surface area contributed by atoms with Crippen LogP contribution in [0.1, 0.15) is 27.0 Å². The molecule has 5 heteroatoms. The average molecular weight is 354 g/mol. The molecule has 0 saturated carbocycles. The lowest BCUT2D eigenvalue weighted by Crippen LogP contribution is -2.17. The number of carbonyl (C=O) groups excluding carboxylic acids is 1. The summed E-state index contributed by atoms with van der Waals surface area (Å²) in [6.07, 6.45) is 0. The monoisotopic (exact) mass is 353 g/mol. The Morgan fingerprint density at radius 1 is 1.00 bits per heavy atom. The summed E-state index contributed by atoms with van der Waals surface area (Å²) in [5, 5.41) is 2.31. The second kappa shape index (κ2) is 5.93. The molecular weight excluding hydrogens is 340 g/mol. The van der Waals surface area contributed by atoms with Crippen LogP contribution in [0, 0.1) is 32.4 Å². The molecule has 0 spiro atoms. The van der Waals surface area contributed by atoms with E-state index in [1.54, 1.807) is 13.8 Å². The van der Waals surface area contributed by atoms with Crippen molar-refractivity contribution in [3.63, 3.8) is 0 Å². The average Bonchev–Trinajstić information content (AvgIpc) is 2.32. The van der Waals surface area contributed by atoms with E-state index in [0.29, 0.717) is 5.56 Å². The van der Waals surface area contributed by atoms with Crippen LogP contribution in [-0.2, 0) is 0 Å². The molecule has 0 radical (unpaired) electrons. The highest BCUT2D eigenvalue weighted by molar-refractivity contribution is 9.10. The SMILES string of the molecule is Cc1cc(C)c(C(=O)Nc2c(F)cc(Br)cc2F)c(C)c1. The molecule has 0 heterocycles. The number of rotatable bonds is 2. The van der Waals surface area contributed by atoms with Crippen molar-refractivity contribution in [3.05, 3.63) is 62.6 Å². The minimum atomic E-state index is -0.822. The van der Waals surface area contributed by atoms with Gasteiger partial charge in [-0.25, -0.2) is 8.78 Å². The molecule has 2 rings (SSSR count). The summed E-state index contributed by atoms with van der Waals surface area (Å²) in [6.45, 7) is 5.52. The Balaban J connectivity index is 2.40. The molecule has 110 valence electrons. The number of benzene rings is 2. The van der Waals surface area contributed by atoms with Gasteiger partial charge in [0.05, 0.1) is 0 Å². The minimum Gasteiger partial charge on any atom is -0.317 e. The molecule has 2 nitrogen and oxygen atoms in total. The smallest absolute Gasteiger partial charge is 0.256 e. The molecule has 2 aromatic carbocycles. The standard InChI is InChI=1S/C16H14BrF2NO/c1-8-4-9(2)14(10(3)5-8)16(21)20-15-12(18)6-11(17)7-13(15)19/h4-7H,1-3H3,(H,20,21). The molecule has 21 heavy (non-hydrogen) atoms. The van der Waals surface area contributed by atoms with E-state index in [0.717, 1.165) is 28.8 Å². The van der Waals surface area contributed by atoms with Gasteiger partial charge in [-0.1, -0.05) is 33.6 Å². The van der Waals surface area contributed by atoms with Crippen LogP contribution in [0.4, 0.5) is 14.5 Å². The Morgan fingerprint density at radius 2 is 1.48 bits per heavy atom. The molecule has 0 aliphatic carbocycles. The Kier molecular flexibility index (Phi) is 4.42. The first-order valence-electron chi connectivity index (χ1n) is 6.33. The van der Waals surface area contributed by atoms with E-state index < -0.39 is 23.2 Å². The van der Waals surface area contributed by atoms with Gasteiger partial charge in [0, 0.05) is 10.0 Å². The number of halogens is 3. The number of hydrogen-bond acceptors (Lipinski definition) is 1. The third-order valence-corrected chi connectivity index (χ3v) is 3.61. The van der Waals surface area contributed by atoms with Crippen LogP contribution in [0.25, 0.3) is 0 Å².